The van der Waals surface area contributed by atoms with E-state index in [9.17, 15) is 14.0 Å². The topological polar surface area (TPSA) is 43.9 Å². The summed E-state index contributed by atoms with van der Waals surface area (Å²) in [6.45, 7) is 3.52. The quantitative estimate of drug-likeness (QED) is 0.747. The Morgan fingerprint density at radius 3 is 2.13 bits per heavy atom. The molecule has 0 N–H and O–H groups in total. The predicted octanol–water partition coefficient (Wildman–Crippen LogP) is 3.68. The lowest BCUT2D eigenvalue weighted by atomic mass is 9.94. The molecule has 0 atom stereocenters. The Bertz CT molecular complexity index is 922. The number of rotatable bonds is 3. The Balaban J connectivity index is 1.29. The van der Waals surface area contributed by atoms with Crippen LogP contribution in [0.1, 0.15) is 23.2 Å². The number of benzene rings is 2. The van der Waals surface area contributed by atoms with Gasteiger partial charge in [-0.2, -0.15) is 0 Å². The molecule has 0 unspecified atom stereocenters. The second kappa shape index (κ2) is 9.04. The summed E-state index contributed by atoms with van der Waals surface area (Å²) in [7, 11) is 0. The lowest BCUT2D eigenvalue weighted by molar-refractivity contribution is -0.137. The minimum atomic E-state index is -0.229. The first-order chi connectivity index (χ1) is 14.5. The first-order valence-electron chi connectivity index (χ1n) is 10.4. The van der Waals surface area contributed by atoms with Crippen molar-refractivity contribution in [3.63, 3.8) is 0 Å². The molecule has 2 saturated heterocycles. The van der Waals surface area contributed by atoms with Crippen LogP contribution in [0.3, 0.4) is 0 Å². The first-order valence-corrected chi connectivity index (χ1v) is 10.7. The smallest absolute Gasteiger partial charge is 0.255 e. The van der Waals surface area contributed by atoms with Gasteiger partial charge in [0.25, 0.3) is 5.91 Å². The van der Waals surface area contributed by atoms with Crippen LogP contribution in [0.25, 0.3) is 0 Å². The van der Waals surface area contributed by atoms with E-state index in [-0.39, 0.29) is 23.5 Å². The number of amides is 2. The van der Waals surface area contributed by atoms with Gasteiger partial charge in [0.05, 0.1) is 16.3 Å². The molecule has 2 amide bonds. The van der Waals surface area contributed by atoms with Gasteiger partial charge in [-0.15, -0.1) is 0 Å². The summed E-state index contributed by atoms with van der Waals surface area (Å²) in [6, 6.07) is 13.8. The fourth-order valence-electron chi connectivity index (χ4n) is 4.27. The molecule has 7 heteroatoms. The Kier molecular flexibility index (Phi) is 6.23. The Morgan fingerprint density at radius 1 is 0.833 bits per heavy atom. The maximum absolute atomic E-state index is 14.0. The molecule has 2 aliphatic heterocycles. The third kappa shape index (κ3) is 4.29. The zero-order chi connectivity index (χ0) is 21.1. The van der Waals surface area contributed by atoms with E-state index < -0.39 is 0 Å². The number of anilines is 1. The Hall–Kier alpha value is -2.60. The molecule has 158 valence electrons. The van der Waals surface area contributed by atoms with E-state index in [1.54, 1.807) is 41.3 Å². The lowest BCUT2D eigenvalue weighted by Crippen LogP contribution is -2.52. The van der Waals surface area contributed by atoms with Crippen LogP contribution < -0.4 is 4.90 Å². The molecule has 4 rings (SSSR count). The van der Waals surface area contributed by atoms with Crippen LogP contribution in [0.2, 0.25) is 5.02 Å². The second-order valence-corrected chi connectivity index (χ2v) is 8.22. The van der Waals surface area contributed by atoms with Crippen LogP contribution in [0.5, 0.6) is 0 Å². The largest absolute Gasteiger partial charge is 0.366 e. The molecule has 0 saturated carbocycles. The molecular weight excluding hydrogens is 405 g/mol. The Morgan fingerprint density at radius 2 is 1.47 bits per heavy atom. The number of halogens is 2. The van der Waals surface area contributed by atoms with Gasteiger partial charge >= 0.3 is 0 Å². The summed E-state index contributed by atoms with van der Waals surface area (Å²) >= 11 is 6.15. The highest BCUT2D eigenvalue weighted by Gasteiger charge is 2.32. The second-order valence-electron chi connectivity index (χ2n) is 7.81. The zero-order valence-electron chi connectivity index (χ0n) is 16.8. The van der Waals surface area contributed by atoms with Crippen LogP contribution in [0.4, 0.5) is 10.1 Å². The van der Waals surface area contributed by atoms with Gasteiger partial charge in [0.15, 0.2) is 0 Å². The summed E-state index contributed by atoms with van der Waals surface area (Å²) < 4.78 is 14.0. The molecule has 0 spiro atoms. The van der Waals surface area contributed by atoms with E-state index in [2.05, 4.69) is 0 Å². The van der Waals surface area contributed by atoms with Crippen LogP contribution in [0, 0.1) is 11.7 Å². The van der Waals surface area contributed by atoms with Crippen molar-refractivity contribution in [1.29, 1.82) is 0 Å². The van der Waals surface area contributed by atoms with Gasteiger partial charge in [0.2, 0.25) is 5.91 Å². The van der Waals surface area contributed by atoms with Crippen molar-refractivity contribution in [1.82, 2.24) is 9.80 Å². The summed E-state index contributed by atoms with van der Waals surface area (Å²) in [5, 5.41) is 0.452. The van der Waals surface area contributed by atoms with Crippen molar-refractivity contribution < 1.29 is 14.0 Å². The fourth-order valence-corrected chi connectivity index (χ4v) is 4.49. The van der Waals surface area contributed by atoms with Crippen molar-refractivity contribution >= 4 is 29.1 Å². The van der Waals surface area contributed by atoms with Gasteiger partial charge in [-0.05, 0) is 37.1 Å². The number of nitrogens with zero attached hydrogens (tertiary/aromatic N) is 3. The number of carbonyl (C=O) groups is 2. The predicted molar refractivity (Wildman–Crippen MR) is 115 cm³/mol. The highest BCUT2D eigenvalue weighted by atomic mass is 35.5. The number of carbonyl (C=O) groups excluding carboxylic acids is 2. The fraction of sp³-hybridized carbons (Fsp3) is 0.391. The van der Waals surface area contributed by atoms with E-state index in [0.717, 1.165) is 0 Å². The van der Waals surface area contributed by atoms with Crippen molar-refractivity contribution in [2.75, 3.05) is 44.2 Å². The highest BCUT2D eigenvalue weighted by molar-refractivity contribution is 6.33. The standard InChI is InChI=1S/C23H25ClFN3O2/c24-19-6-2-1-5-18(19)23(30)27-11-9-17(10-12-27)22(29)28-15-13-26(14-16-28)21-8-4-3-7-20(21)25/h1-8,17H,9-16H2. The maximum Gasteiger partial charge on any atom is 0.255 e. The number of hydrogen-bond donors (Lipinski definition) is 0. The third-order valence-electron chi connectivity index (χ3n) is 6.02. The summed E-state index contributed by atoms with van der Waals surface area (Å²) in [5.74, 6) is -0.230. The van der Waals surface area contributed by atoms with Crippen LogP contribution in [0.15, 0.2) is 48.5 Å². The minimum Gasteiger partial charge on any atom is -0.366 e. The Labute approximate surface area is 181 Å². The molecule has 30 heavy (non-hydrogen) atoms. The van der Waals surface area contributed by atoms with E-state index in [0.29, 0.717) is 68.4 Å². The molecule has 2 aromatic rings. The molecular formula is C23H25ClFN3O2. The van der Waals surface area contributed by atoms with E-state index in [1.165, 1.54) is 6.07 Å². The van der Waals surface area contributed by atoms with Gasteiger partial charge < -0.3 is 14.7 Å². The summed E-state index contributed by atoms with van der Waals surface area (Å²) in [6.07, 6.45) is 1.31. The molecule has 2 fully saturated rings. The molecule has 0 radical (unpaired) electrons. The average molecular weight is 430 g/mol. The molecule has 5 nitrogen and oxygen atoms in total. The normalized spacial score (nSPS) is 17.9. The number of piperazine rings is 1. The molecule has 2 aliphatic rings. The highest BCUT2D eigenvalue weighted by Crippen LogP contribution is 2.25. The third-order valence-corrected chi connectivity index (χ3v) is 6.35. The van der Waals surface area contributed by atoms with E-state index >= 15 is 0 Å². The van der Waals surface area contributed by atoms with Crippen molar-refractivity contribution in [2.45, 2.75) is 12.8 Å². The molecule has 0 aromatic heterocycles. The molecule has 0 bridgehead atoms. The van der Waals surface area contributed by atoms with Crippen LogP contribution in [-0.2, 0) is 4.79 Å². The first kappa shape index (κ1) is 20.7. The maximum atomic E-state index is 14.0. The van der Waals surface area contributed by atoms with Crippen molar-refractivity contribution in [3.8, 4) is 0 Å². The van der Waals surface area contributed by atoms with Crippen molar-refractivity contribution in [3.05, 3.63) is 64.9 Å². The number of hydrogen-bond acceptors (Lipinski definition) is 3. The van der Waals surface area contributed by atoms with E-state index in [4.69, 9.17) is 11.6 Å². The molecule has 0 aliphatic carbocycles. The van der Waals surface area contributed by atoms with Gasteiger partial charge in [-0.1, -0.05) is 35.9 Å². The van der Waals surface area contributed by atoms with E-state index in [1.807, 2.05) is 15.9 Å². The number of likely N-dealkylation sites (tertiary alicyclic amines) is 1. The summed E-state index contributed by atoms with van der Waals surface area (Å²) in [4.78, 5) is 31.3. The number of piperidine rings is 1. The van der Waals surface area contributed by atoms with Gasteiger partial charge in [-0.25, -0.2) is 4.39 Å². The van der Waals surface area contributed by atoms with Crippen LogP contribution in [-0.4, -0.2) is 60.9 Å². The SMILES string of the molecule is O=C(c1ccccc1Cl)N1CCC(C(=O)N2CCN(c3ccccc3F)CC2)CC1. The summed E-state index contributed by atoms with van der Waals surface area (Å²) in [5.41, 5.74) is 1.10. The van der Waals surface area contributed by atoms with Gasteiger partial charge in [0, 0.05) is 45.2 Å². The molecule has 2 heterocycles. The lowest BCUT2D eigenvalue weighted by Gasteiger charge is -2.39. The van der Waals surface area contributed by atoms with Crippen LogP contribution >= 0.6 is 11.6 Å². The van der Waals surface area contributed by atoms with Crippen molar-refractivity contribution in [2.24, 2.45) is 5.92 Å². The zero-order valence-corrected chi connectivity index (χ0v) is 17.5. The average Bonchev–Trinajstić information content (AvgIpc) is 2.79. The monoisotopic (exact) mass is 429 g/mol. The van der Waals surface area contributed by atoms with Gasteiger partial charge in [0.1, 0.15) is 5.82 Å². The van der Waals surface area contributed by atoms with Gasteiger partial charge in [-0.3, -0.25) is 9.59 Å². The minimum absolute atomic E-state index is 0.0692. The molecule has 2 aromatic carbocycles. The number of para-hydroxylation sites is 1.